The number of hydrogen-bond acceptors (Lipinski definition) is 4. The maximum atomic E-state index is 5.92. The van der Waals surface area contributed by atoms with Gasteiger partial charge in [-0.25, -0.2) is 0 Å². The van der Waals surface area contributed by atoms with Crippen LogP contribution in [0.2, 0.25) is 0 Å². The smallest absolute Gasteiger partial charge is 0.0924 e. The first-order chi connectivity index (χ1) is 8.73. The fraction of sp³-hybridized carbons (Fsp3) is 0.692. The first kappa shape index (κ1) is 14.5. The highest BCUT2D eigenvalue weighted by Crippen LogP contribution is 2.42. The van der Waals surface area contributed by atoms with E-state index in [1.54, 1.807) is 11.3 Å². The Morgan fingerprint density at radius 2 is 2.28 bits per heavy atom. The summed E-state index contributed by atoms with van der Waals surface area (Å²) in [6, 6.07) is 2.33. The molecule has 1 atom stereocenters. The zero-order valence-electron chi connectivity index (χ0n) is 10.9. The summed E-state index contributed by atoms with van der Waals surface area (Å²) in [4.78, 5) is 1.32. The van der Waals surface area contributed by atoms with Crippen LogP contribution in [0.15, 0.2) is 15.9 Å². The first-order valence-electron chi connectivity index (χ1n) is 6.32. The molecule has 1 aromatic heterocycles. The molecule has 18 heavy (non-hydrogen) atoms. The minimum Gasteiger partial charge on any atom is -0.381 e. The van der Waals surface area contributed by atoms with E-state index in [1.165, 1.54) is 9.35 Å². The summed E-state index contributed by atoms with van der Waals surface area (Å²) in [5.41, 5.74) is -0.151. The highest BCUT2D eigenvalue weighted by Gasteiger charge is 2.42. The Bertz CT molecular complexity index is 377. The van der Waals surface area contributed by atoms with Gasteiger partial charge in [0.2, 0.25) is 0 Å². The number of halogens is 1. The highest BCUT2D eigenvalue weighted by molar-refractivity contribution is 9.10. The third-order valence-electron chi connectivity index (χ3n) is 3.59. The zero-order valence-corrected chi connectivity index (χ0v) is 13.3. The number of ether oxygens (including phenoxy) is 2. The van der Waals surface area contributed by atoms with Gasteiger partial charge < -0.3 is 14.8 Å². The topological polar surface area (TPSA) is 30.5 Å². The van der Waals surface area contributed by atoms with Crippen LogP contribution < -0.4 is 5.32 Å². The van der Waals surface area contributed by atoms with E-state index in [4.69, 9.17) is 9.47 Å². The van der Waals surface area contributed by atoms with Crippen molar-refractivity contribution in [1.82, 2.24) is 5.32 Å². The van der Waals surface area contributed by atoms with Crippen molar-refractivity contribution in [2.75, 3.05) is 26.9 Å². The molecule has 1 N–H and O–H groups in total. The lowest BCUT2D eigenvalue weighted by Gasteiger charge is -2.42. The summed E-state index contributed by atoms with van der Waals surface area (Å²) in [6.45, 7) is 4.62. The van der Waals surface area contributed by atoms with Crippen molar-refractivity contribution in [3.05, 3.63) is 20.8 Å². The van der Waals surface area contributed by atoms with E-state index < -0.39 is 0 Å². The molecule has 1 aliphatic rings. The summed E-state index contributed by atoms with van der Waals surface area (Å²) in [6.07, 6.45) is 1.87. The normalized spacial score (nSPS) is 20.8. The van der Waals surface area contributed by atoms with Gasteiger partial charge in [0.25, 0.3) is 0 Å². The van der Waals surface area contributed by atoms with Crippen molar-refractivity contribution >= 4 is 27.3 Å². The predicted octanol–water partition coefficient (Wildman–Crippen LogP) is 3.36. The van der Waals surface area contributed by atoms with Crippen molar-refractivity contribution in [3.8, 4) is 0 Å². The van der Waals surface area contributed by atoms with Crippen molar-refractivity contribution < 1.29 is 9.47 Å². The van der Waals surface area contributed by atoms with Crippen LogP contribution >= 0.6 is 27.3 Å². The minimum atomic E-state index is -0.151. The number of hydrogen-bond donors (Lipinski definition) is 1. The van der Waals surface area contributed by atoms with Crippen LogP contribution in [0.4, 0.5) is 0 Å². The number of likely N-dealkylation sites (N-methyl/N-ethyl adjacent to an activating group) is 1. The van der Waals surface area contributed by atoms with Gasteiger partial charge in [0, 0.05) is 42.5 Å². The SMILES string of the molecule is CCNC(c1sccc1Br)C1(OC)CCOCC1. The lowest BCUT2D eigenvalue weighted by molar-refractivity contribution is -0.111. The monoisotopic (exact) mass is 333 g/mol. The Kier molecular flexibility index (Phi) is 5.21. The molecule has 1 saturated heterocycles. The molecule has 1 aliphatic heterocycles. The summed E-state index contributed by atoms with van der Waals surface area (Å²) in [5.74, 6) is 0. The van der Waals surface area contributed by atoms with Crippen LogP contribution in [0.1, 0.15) is 30.7 Å². The van der Waals surface area contributed by atoms with Crippen LogP contribution in [0.5, 0.6) is 0 Å². The van der Waals surface area contributed by atoms with Gasteiger partial charge in [0.15, 0.2) is 0 Å². The molecule has 1 aromatic rings. The number of thiophene rings is 1. The highest BCUT2D eigenvalue weighted by atomic mass is 79.9. The third kappa shape index (κ3) is 2.80. The Labute approximate surface area is 121 Å². The maximum Gasteiger partial charge on any atom is 0.0924 e. The standard InChI is InChI=1S/C13H20BrNO2S/c1-3-15-12(11-10(14)4-9-18-11)13(16-2)5-7-17-8-6-13/h4,9,12,15H,3,5-8H2,1-2H3. The second-order valence-electron chi connectivity index (χ2n) is 4.50. The Morgan fingerprint density at radius 3 is 2.78 bits per heavy atom. The van der Waals surface area contributed by atoms with E-state index in [1.807, 2.05) is 7.11 Å². The first-order valence-corrected chi connectivity index (χ1v) is 8.00. The van der Waals surface area contributed by atoms with Gasteiger partial charge in [-0.05, 0) is 33.9 Å². The van der Waals surface area contributed by atoms with E-state index in [2.05, 4.69) is 39.6 Å². The van der Waals surface area contributed by atoms with Crippen LogP contribution in [0.3, 0.4) is 0 Å². The molecule has 5 heteroatoms. The number of methoxy groups -OCH3 is 1. The van der Waals surface area contributed by atoms with Crippen LogP contribution in [-0.4, -0.2) is 32.5 Å². The lowest BCUT2D eigenvalue weighted by Crippen LogP contribution is -2.49. The lowest BCUT2D eigenvalue weighted by atomic mass is 9.85. The molecule has 1 fully saturated rings. The van der Waals surface area contributed by atoms with Crippen molar-refractivity contribution in [1.29, 1.82) is 0 Å². The van der Waals surface area contributed by atoms with Gasteiger partial charge >= 0.3 is 0 Å². The van der Waals surface area contributed by atoms with Gasteiger partial charge in [-0.1, -0.05) is 6.92 Å². The fourth-order valence-electron chi connectivity index (χ4n) is 2.56. The van der Waals surface area contributed by atoms with E-state index in [-0.39, 0.29) is 11.6 Å². The number of nitrogens with one attached hydrogen (secondary N) is 1. The molecular weight excluding hydrogens is 314 g/mol. The largest absolute Gasteiger partial charge is 0.381 e. The molecule has 0 saturated carbocycles. The fourth-order valence-corrected chi connectivity index (χ4v) is 4.34. The average molecular weight is 334 g/mol. The van der Waals surface area contributed by atoms with Crippen LogP contribution in [0.25, 0.3) is 0 Å². The van der Waals surface area contributed by atoms with Crippen molar-refractivity contribution in [2.24, 2.45) is 0 Å². The summed E-state index contributed by atoms with van der Waals surface area (Å²) in [7, 11) is 1.82. The summed E-state index contributed by atoms with van der Waals surface area (Å²) < 4.78 is 12.6. The quantitative estimate of drug-likeness (QED) is 0.896. The minimum absolute atomic E-state index is 0.151. The second-order valence-corrected chi connectivity index (χ2v) is 6.31. The van der Waals surface area contributed by atoms with Gasteiger partial charge in [0.1, 0.15) is 0 Å². The summed E-state index contributed by atoms with van der Waals surface area (Å²) >= 11 is 5.42. The molecule has 0 radical (unpaired) electrons. The molecule has 1 unspecified atom stereocenters. The molecular formula is C13H20BrNO2S. The second kappa shape index (κ2) is 6.48. The van der Waals surface area contributed by atoms with Crippen LogP contribution in [-0.2, 0) is 9.47 Å². The maximum absolute atomic E-state index is 5.92. The molecule has 2 rings (SSSR count). The Hall–Kier alpha value is 0.0600. The molecule has 0 amide bonds. The van der Waals surface area contributed by atoms with Crippen molar-refractivity contribution in [3.63, 3.8) is 0 Å². The Balaban J connectivity index is 2.30. The molecule has 0 aromatic carbocycles. The van der Waals surface area contributed by atoms with E-state index >= 15 is 0 Å². The summed E-state index contributed by atoms with van der Waals surface area (Å²) in [5, 5.41) is 5.70. The van der Waals surface area contributed by atoms with Gasteiger partial charge in [0.05, 0.1) is 11.6 Å². The average Bonchev–Trinajstić information content (AvgIpc) is 2.83. The molecule has 3 nitrogen and oxygen atoms in total. The van der Waals surface area contributed by atoms with Gasteiger partial charge in [-0.3, -0.25) is 0 Å². The molecule has 0 aliphatic carbocycles. The van der Waals surface area contributed by atoms with E-state index in [0.29, 0.717) is 0 Å². The van der Waals surface area contributed by atoms with Crippen molar-refractivity contribution in [2.45, 2.75) is 31.4 Å². The molecule has 102 valence electrons. The molecule has 2 heterocycles. The molecule has 0 bridgehead atoms. The van der Waals surface area contributed by atoms with E-state index in [0.717, 1.165) is 32.6 Å². The predicted molar refractivity (Wildman–Crippen MR) is 78.2 cm³/mol. The Morgan fingerprint density at radius 1 is 1.56 bits per heavy atom. The zero-order chi connectivity index (χ0) is 13.0. The third-order valence-corrected chi connectivity index (χ3v) is 5.52. The van der Waals surface area contributed by atoms with Crippen LogP contribution in [0, 0.1) is 0 Å². The molecule has 0 spiro atoms. The number of rotatable bonds is 5. The van der Waals surface area contributed by atoms with Gasteiger partial charge in [-0.2, -0.15) is 0 Å². The van der Waals surface area contributed by atoms with E-state index in [9.17, 15) is 0 Å². The van der Waals surface area contributed by atoms with Gasteiger partial charge in [-0.15, -0.1) is 11.3 Å².